The number of fused-ring (bicyclic) bond motifs is 3. The van der Waals surface area contributed by atoms with Crippen LogP contribution in [0.3, 0.4) is 0 Å². The Balaban J connectivity index is 1.99. The third-order valence-electron chi connectivity index (χ3n) is 4.24. The molecule has 0 fully saturated rings. The molecule has 2 N–H and O–H groups in total. The van der Waals surface area contributed by atoms with Gasteiger partial charge in [-0.3, -0.25) is 0 Å². The molecule has 0 aliphatic carbocycles. The fourth-order valence-electron chi connectivity index (χ4n) is 3.25. The first-order valence-corrected chi connectivity index (χ1v) is 7.24. The first-order valence-electron chi connectivity index (χ1n) is 7.24. The van der Waals surface area contributed by atoms with Crippen molar-refractivity contribution in [3.8, 4) is 11.1 Å². The Morgan fingerprint density at radius 1 is 1.00 bits per heavy atom. The highest BCUT2D eigenvalue weighted by atomic mass is 14.9. The standard InChI is InChI=1S/C18H18N2/c1-12-10-17-15(11-19-12)18-14(8-5-9-16(18)20-17)13-6-3-2-4-7-13/h2-9,12,19-20H,10-11H2,1H3. The summed E-state index contributed by atoms with van der Waals surface area (Å²) in [5, 5.41) is 4.96. The number of H-pyrrole nitrogens is 1. The second-order valence-corrected chi connectivity index (χ2v) is 5.66. The average molecular weight is 262 g/mol. The van der Waals surface area contributed by atoms with Crippen molar-refractivity contribution in [2.45, 2.75) is 25.9 Å². The van der Waals surface area contributed by atoms with Gasteiger partial charge in [0.25, 0.3) is 0 Å². The summed E-state index contributed by atoms with van der Waals surface area (Å²) in [5.74, 6) is 0. The van der Waals surface area contributed by atoms with Crippen LogP contribution in [0, 0.1) is 0 Å². The minimum atomic E-state index is 0.552. The van der Waals surface area contributed by atoms with E-state index in [1.165, 1.54) is 33.3 Å². The molecule has 2 heterocycles. The van der Waals surface area contributed by atoms with Gasteiger partial charge in [-0.1, -0.05) is 42.5 Å². The summed E-state index contributed by atoms with van der Waals surface area (Å²) < 4.78 is 0. The lowest BCUT2D eigenvalue weighted by Gasteiger charge is -2.20. The number of hydrogen-bond acceptors (Lipinski definition) is 1. The van der Waals surface area contributed by atoms with Crippen LogP contribution in [-0.4, -0.2) is 11.0 Å². The molecule has 0 amide bonds. The third kappa shape index (κ3) is 1.76. The van der Waals surface area contributed by atoms with E-state index in [2.05, 4.69) is 65.8 Å². The number of nitrogens with one attached hydrogen (secondary N) is 2. The zero-order valence-corrected chi connectivity index (χ0v) is 11.6. The normalized spacial score (nSPS) is 18.1. The first-order chi connectivity index (χ1) is 9.83. The maximum absolute atomic E-state index is 3.62. The van der Waals surface area contributed by atoms with Crippen molar-refractivity contribution in [2.75, 3.05) is 0 Å². The first kappa shape index (κ1) is 11.7. The molecule has 1 aromatic heterocycles. The highest BCUT2D eigenvalue weighted by molar-refractivity contribution is 5.98. The quantitative estimate of drug-likeness (QED) is 0.684. The molecule has 0 radical (unpaired) electrons. The molecule has 2 aromatic carbocycles. The van der Waals surface area contributed by atoms with Crippen molar-refractivity contribution in [1.29, 1.82) is 0 Å². The maximum atomic E-state index is 3.62. The van der Waals surface area contributed by atoms with Crippen LogP contribution in [0.5, 0.6) is 0 Å². The van der Waals surface area contributed by atoms with E-state index in [0.717, 1.165) is 13.0 Å². The van der Waals surface area contributed by atoms with Gasteiger partial charge in [-0.05, 0) is 29.7 Å². The molecule has 4 rings (SSSR count). The Morgan fingerprint density at radius 3 is 2.70 bits per heavy atom. The molecule has 0 saturated heterocycles. The van der Waals surface area contributed by atoms with Crippen molar-refractivity contribution >= 4 is 10.9 Å². The second kappa shape index (κ2) is 4.50. The average Bonchev–Trinajstić information content (AvgIpc) is 2.85. The van der Waals surface area contributed by atoms with Crippen molar-refractivity contribution < 1.29 is 0 Å². The summed E-state index contributed by atoms with van der Waals surface area (Å²) in [5.41, 5.74) is 6.72. The largest absolute Gasteiger partial charge is 0.358 e. The molecule has 1 aliphatic rings. The van der Waals surface area contributed by atoms with Gasteiger partial charge in [-0.25, -0.2) is 0 Å². The lowest BCUT2D eigenvalue weighted by atomic mass is 9.95. The van der Waals surface area contributed by atoms with E-state index in [1.807, 2.05) is 0 Å². The van der Waals surface area contributed by atoms with Gasteiger partial charge in [0, 0.05) is 35.6 Å². The van der Waals surface area contributed by atoms with Gasteiger partial charge >= 0.3 is 0 Å². The summed E-state index contributed by atoms with van der Waals surface area (Å²) in [4.78, 5) is 3.62. The van der Waals surface area contributed by atoms with Gasteiger partial charge in [0.2, 0.25) is 0 Å². The Labute approximate surface area is 118 Å². The smallest absolute Gasteiger partial charge is 0.0465 e. The molecule has 1 atom stereocenters. The lowest BCUT2D eigenvalue weighted by molar-refractivity contribution is 0.511. The fraction of sp³-hybridized carbons (Fsp3) is 0.222. The Hall–Kier alpha value is -2.06. The molecular weight excluding hydrogens is 244 g/mol. The lowest BCUT2D eigenvalue weighted by Crippen LogP contribution is -2.32. The number of rotatable bonds is 1. The molecule has 0 spiro atoms. The summed E-state index contributed by atoms with van der Waals surface area (Å²) in [6.07, 6.45) is 1.08. The van der Waals surface area contributed by atoms with E-state index in [0.29, 0.717) is 6.04 Å². The van der Waals surface area contributed by atoms with Crippen LogP contribution in [-0.2, 0) is 13.0 Å². The summed E-state index contributed by atoms with van der Waals surface area (Å²) >= 11 is 0. The van der Waals surface area contributed by atoms with Gasteiger partial charge in [-0.15, -0.1) is 0 Å². The molecule has 1 unspecified atom stereocenters. The zero-order chi connectivity index (χ0) is 13.5. The van der Waals surface area contributed by atoms with Crippen LogP contribution in [0.2, 0.25) is 0 Å². The molecule has 100 valence electrons. The predicted molar refractivity (Wildman–Crippen MR) is 83.7 cm³/mol. The molecule has 1 aliphatic heterocycles. The number of benzene rings is 2. The van der Waals surface area contributed by atoms with Crippen LogP contribution in [0.4, 0.5) is 0 Å². The highest BCUT2D eigenvalue weighted by Crippen LogP contribution is 2.34. The van der Waals surface area contributed by atoms with E-state index in [-0.39, 0.29) is 0 Å². The second-order valence-electron chi connectivity index (χ2n) is 5.66. The Bertz CT molecular complexity index is 756. The van der Waals surface area contributed by atoms with Gasteiger partial charge in [0.15, 0.2) is 0 Å². The molecule has 2 nitrogen and oxygen atoms in total. The van der Waals surface area contributed by atoms with Crippen molar-refractivity contribution in [1.82, 2.24) is 10.3 Å². The van der Waals surface area contributed by atoms with Crippen molar-refractivity contribution in [2.24, 2.45) is 0 Å². The number of aromatic amines is 1. The Morgan fingerprint density at radius 2 is 1.85 bits per heavy atom. The molecule has 0 bridgehead atoms. The fourth-order valence-corrected chi connectivity index (χ4v) is 3.25. The molecule has 20 heavy (non-hydrogen) atoms. The van der Waals surface area contributed by atoms with Crippen LogP contribution >= 0.6 is 0 Å². The molecule has 0 saturated carbocycles. The van der Waals surface area contributed by atoms with E-state index >= 15 is 0 Å². The van der Waals surface area contributed by atoms with E-state index < -0.39 is 0 Å². The summed E-state index contributed by atoms with van der Waals surface area (Å²) in [6.45, 7) is 3.20. The zero-order valence-electron chi connectivity index (χ0n) is 11.6. The third-order valence-corrected chi connectivity index (χ3v) is 4.24. The Kier molecular flexibility index (Phi) is 2.64. The maximum Gasteiger partial charge on any atom is 0.0465 e. The summed E-state index contributed by atoms with van der Waals surface area (Å²) in [7, 11) is 0. The van der Waals surface area contributed by atoms with E-state index in [1.54, 1.807) is 0 Å². The topological polar surface area (TPSA) is 27.8 Å². The number of aromatic nitrogens is 1. The molecular formula is C18H18N2. The summed E-state index contributed by atoms with van der Waals surface area (Å²) in [6, 6.07) is 17.8. The van der Waals surface area contributed by atoms with E-state index in [9.17, 15) is 0 Å². The van der Waals surface area contributed by atoms with Gasteiger partial charge in [-0.2, -0.15) is 0 Å². The van der Waals surface area contributed by atoms with Crippen molar-refractivity contribution in [3.05, 3.63) is 59.8 Å². The number of hydrogen-bond donors (Lipinski definition) is 2. The molecule has 3 aromatic rings. The van der Waals surface area contributed by atoms with Gasteiger partial charge in [0.1, 0.15) is 0 Å². The van der Waals surface area contributed by atoms with Gasteiger partial charge < -0.3 is 10.3 Å². The van der Waals surface area contributed by atoms with Crippen molar-refractivity contribution in [3.63, 3.8) is 0 Å². The highest BCUT2D eigenvalue weighted by Gasteiger charge is 2.20. The monoisotopic (exact) mass is 262 g/mol. The minimum Gasteiger partial charge on any atom is -0.358 e. The molecule has 2 heteroatoms. The van der Waals surface area contributed by atoms with Crippen LogP contribution in [0.1, 0.15) is 18.2 Å². The van der Waals surface area contributed by atoms with Crippen LogP contribution in [0.15, 0.2) is 48.5 Å². The van der Waals surface area contributed by atoms with Crippen LogP contribution < -0.4 is 5.32 Å². The predicted octanol–water partition coefficient (Wildman–Crippen LogP) is 3.87. The minimum absolute atomic E-state index is 0.552. The van der Waals surface area contributed by atoms with Crippen LogP contribution in [0.25, 0.3) is 22.0 Å². The SMILES string of the molecule is CC1Cc2[nH]c3cccc(-c4ccccc4)c3c2CN1. The van der Waals surface area contributed by atoms with E-state index in [4.69, 9.17) is 0 Å². The van der Waals surface area contributed by atoms with Gasteiger partial charge in [0.05, 0.1) is 0 Å².